The number of hydrogen-bond donors (Lipinski definition) is 3. The Hall–Kier alpha value is -3.80. The number of fused-ring (bicyclic) bond motifs is 1. The first-order valence-corrected chi connectivity index (χ1v) is 9.76. The molecule has 4 rings (SSSR count). The van der Waals surface area contributed by atoms with E-state index in [2.05, 4.69) is 4.90 Å². The summed E-state index contributed by atoms with van der Waals surface area (Å²) in [6, 6.07) is 20.8. The zero-order chi connectivity index (χ0) is 21.1. The summed E-state index contributed by atoms with van der Waals surface area (Å²) in [6.07, 6.45) is 0.876. The molecule has 6 heteroatoms. The zero-order valence-electron chi connectivity index (χ0n) is 16.5. The molecular formula is C24H23N3O3. The number of nitrogens with one attached hydrogen (secondary N) is 1. The smallest absolute Gasteiger partial charge is 0.339 e. The van der Waals surface area contributed by atoms with Gasteiger partial charge in [-0.2, -0.15) is 0 Å². The molecule has 1 heterocycles. The van der Waals surface area contributed by atoms with Crippen molar-refractivity contribution in [1.82, 2.24) is 0 Å². The summed E-state index contributed by atoms with van der Waals surface area (Å²) in [7, 11) is 0. The van der Waals surface area contributed by atoms with Crippen LogP contribution in [0.4, 0.5) is 5.69 Å². The van der Waals surface area contributed by atoms with E-state index in [4.69, 9.17) is 15.9 Å². The van der Waals surface area contributed by atoms with E-state index in [0.717, 1.165) is 40.9 Å². The summed E-state index contributed by atoms with van der Waals surface area (Å²) < 4.78 is 5.77. The monoisotopic (exact) mass is 401 g/mol. The Morgan fingerprint density at radius 3 is 2.60 bits per heavy atom. The van der Waals surface area contributed by atoms with Gasteiger partial charge in [0.05, 0.1) is 0 Å². The minimum absolute atomic E-state index is 0.0634. The number of benzene rings is 3. The molecule has 3 aromatic rings. The van der Waals surface area contributed by atoms with Gasteiger partial charge >= 0.3 is 5.97 Å². The van der Waals surface area contributed by atoms with Crippen LogP contribution in [0.1, 0.15) is 32.6 Å². The highest BCUT2D eigenvalue weighted by molar-refractivity contribution is 5.95. The molecule has 4 N–H and O–H groups in total. The average molecular weight is 401 g/mol. The Balaban J connectivity index is 1.51. The Labute approximate surface area is 175 Å². The molecule has 1 aliphatic heterocycles. The minimum Gasteiger partial charge on any atom is -0.488 e. The summed E-state index contributed by atoms with van der Waals surface area (Å²) in [5.41, 5.74) is 10.6. The Morgan fingerprint density at radius 1 is 1.07 bits per heavy atom. The largest absolute Gasteiger partial charge is 0.488 e. The van der Waals surface area contributed by atoms with Crippen LogP contribution in [0, 0.1) is 5.41 Å². The first-order chi connectivity index (χ1) is 14.5. The van der Waals surface area contributed by atoms with Crippen molar-refractivity contribution in [3.63, 3.8) is 0 Å². The Kier molecular flexibility index (Phi) is 5.39. The van der Waals surface area contributed by atoms with E-state index in [1.54, 1.807) is 12.1 Å². The first-order valence-electron chi connectivity index (χ1n) is 9.76. The van der Waals surface area contributed by atoms with Gasteiger partial charge < -0.3 is 20.5 Å². The molecule has 3 aromatic carbocycles. The molecule has 0 bridgehead atoms. The molecule has 30 heavy (non-hydrogen) atoms. The fourth-order valence-electron chi connectivity index (χ4n) is 3.73. The van der Waals surface area contributed by atoms with Gasteiger partial charge in [0.25, 0.3) is 0 Å². The van der Waals surface area contributed by atoms with E-state index >= 15 is 0 Å². The van der Waals surface area contributed by atoms with Gasteiger partial charge in [-0.05, 0) is 53.4 Å². The standard InChI is InChI=1S/C24H23N3O3/c25-23(26)19-7-8-21-18(13-19)10-11-27(21)14-17-6-9-22(20(12-17)24(28)29)30-15-16-4-2-1-3-5-16/h1-9,12-13H,10-11,14-15H2,(H3,25,26)(H,28,29). The molecule has 1 aliphatic rings. The molecule has 0 radical (unpaired) electrons. The minimum atomic E-state index is -1.01. The van der Waals surface area contributed by atoms with Crippen LogP contribution in [0.25, 0.3) is 0 Å². The molecule has 0 saturated heterocycles. The number of hydrogen-bond acceptors (Lipinski definition) is 4. The van der Waals surface area contributed by atoms with Crippen LogP contribution < -0.4 is 15.4 Å². The maximum atomic E-state index is 11.8. The van der Waals surface area contributed by atoms with Gasteiger partial charge in [-0.15, -0.1) is 0 Å². The van der Waals surface area contributed by atoms with Crippen LogP contribution >= 0.6 is 0 Å². The quantitative estimate of drug-likeness (QED) is 0.413. The molecular weight excluding hydrogens is 378 g/mol. The number of carboxylic acid groups (broad SMARTS) is 1. The number of carbonyl (C=O) groups is 1. The lowest BCUT2D eigenvalue weighted by Gasteiger charge is -2.20. The van der Waals surface area contributed by atoms with Gasteiger partial charge in [-0.1, -0.05) is 36.4 Å². The van der Waals surface area contributed by atoms with Crippen LogP contribution in [-0.2, 0) is 19.6 Å². The molecule has 0 fully saturated rings. The van der Waals surface area contributed by atoms with E-state index in [0.29, 0.717) is 18.9 Å². The predicted molar refractivity (Wildman–Crippen MR) is 116 cm³/mol. The summed E-state index contributed by atoms with van der Waals surface area (Å²) in [6.45, 7) is 1.76. The van der Waals surface area contributed by atoms with Crippen LogP contribution in [0.3, 0.4) is 0 Å². The van der Waals surface area contributed by atoms with Crippen molar-refractivity contribution in [2.75, 3.05) is 11.4 Å². The highest BCUT2D eigenvalue weighted by Crippen LogP contribution is 2.31. The lowest BCUT2D eigenvalue weighted by atomic mass is 10.1. The fraction of sp³-hybridized carbons (Fsp3) is 0.167. The second-order valence-corrected chi connectivity index (χ2v) is 7.34. The van der Waals surface area contributed by atoms with E-state index in [9.17, 15) is 9.90 Å². The van der Waals surface area contributed by atoms with Gasteiger partial charge in [-0.25, -0.2) is 4.79 Å². The zero-order valence-corrected chi connectivity index (χ0v) is 16.5. The maximum Gasteiger partial charge on any atom is 0.339 e. The van der Waals surface area contributed by atoms with E-state index < -0.39 is 5.97 Å². The van der Waals surface area contributed by atoms with Crippen molar-refractivity contribution < 1.29 is 14.6 Å². The first kappa shape index (κ1) is 19.5. The van der Waals surface area contributed by atoms with Crippen molar-refractivity contribution in [1.29, 1.82) is 5.41 Å². The number of nitrogens with two attached hydrogens (primary N) is 1. The normalized spacial score (nSPS) is 12.5. The number of rotatable bonds is 7. The average Bonchev–Trinajstić information content (AvgIpc) is 3.15. The number of ether oxygens (including phenoxy) is 1. The molecule has 0 amide bonds. The van der Waals surface area contributed by atoms with Gasteiger partial charge in [-0.3, -0.25) is 5.41 Å². The number of anilines is 1. The number of carboxylic acids is 1. The SMILES string of the molecule is N=C(N)c1ccc2c(c1)CCN2Cc1ccc(OCc2ccccc2)c(C(=O)O)c1. The van der Waals surface area contributed by atoms with Crippen LogP contribution in [0.2, 0.25) is 0 Å². The number of amidine groups is 1. The topological polar surface area (TPSA) is 99.6 Å². The van der Waals surface area contributed by atoms with E-state index in [1.807, 2.05) is 54.6 Å². The highest BCUT2D eigenvalue weighted by atomic mass is 16.5. The molecule has 0 aliphatic carbocycles. The Morgan fingerprint density at radius 2 is 1.87 bits per heavy atom. The van der Waals surface area contributed by atoms with E-state index in [-0.39, 0.29) is 11.4 Å². The maximum absolute atomic E-state index is 11.8. The fourth-order valence-corrected chi connectivity index (χ4v) is 3.73. The lowest BCUT2D eigenvalue weighted by Crippen LogP contribution is -2.20. The van der Waals surface area contributed by atoms with Gasteiger partial charge in [0.2, 0.25) is 0 Å². The van der Waals surface area contributed by atoms with Gasteiger partial charge in [0.1, 0.15) is 23.8 Å². The molecule has 0 aromatic heterocycles. The molecule has 0 saturated carbocycles. The van der Waals surface area contributed by atoms with Crippen LogP contribution in [0.5, 0.6) is 5.75 Å². The predicted octanol–water partition coefficient (Wildman–Crippen LogP) is 3.81. The van der Waals surface area contributed by atoms with E-state index in [1.165, 1.54) is 0 Å². The van der Waals surface area contributed by atoms with Crippen LogP contribution in [0.15, 0.2) is 66.7 Å². The summed E-state index contributed by atoms with van der Waals surface area (Å²) in [5, 5.41) is 17.3. The van der Waals surface area contributed by atoms with Crippen molar-refractivity contribution in [3.8, 4) is 5.75 Å². The Bertz CT molecular complexity index is 1100. The van der Waals surface area contributed by atoms with Crippen molar-refractivity contribution >= 4 is 17.5 Å². The number of aromatic carboxylic acids is 1. The molecule has 6 nitrogen and oxygen atoms in total. The molecule has 0 atom stereocenters. The third-order valence-corrected chi connectivity index (χ3v) is 5.27. The van der Waals surface area contributed by atoms with Gasteiger partial charge in [0.15, 0.2) is 0 Å². The lowest BCUT2D eigenvalue weighted by molar-refractivity contribution is 0.0691. The second-order valence-electron chi connectivity index (χ2n) is 7.34. The van der Waals surface area contributed by atoms with Gasteiger partial charge in [0, 0.05) is 24.3 Å². The molecule has 0 spiro atoms. The van der Waals surface area contributed by atoms with Crippen molar-refractivity contribution in [2.45, 2.75) is 19.6 Å². The molecule has 152 valence electrons. The number of nitrogen functional groups attached to an aromatic ring is 1. The summed E-state index contributed by atoms with van der Waals surface area (Å²) in [4.78, 5) is 14.0. The second kappa shape index (κ2) is 8.29. The highest BCUT2D eigenvalue weighted by Gasteiger charge is 2.21. The summed E-state index contributed by atoms with van der Waals surface area (Å²) >= 11 is 0. The van der Waals surface area contributed by atoms with Crippen molar-refractivity contribution in [2.24, 2.45) is 5.73 Å². The third-order valence-electron chi connectivity index (χ3n) is 5.27. The van der Waals surface area contributed by atoms with Crippen molar-refractivity contribution in [3.05, 3.63) is 94.5 Å². The molecule has 0 unspecified atom stereocenters. The van der Waals surface area contributed by atoms with Crippen LogP contribution in [-0.4, -0.2) is 23.5 Å². The third kappa shape index (κ3) is 4.12. The number of nitrogens with zero attached hydrogens (tertiary/aromatic N) is 1. The summed E-state index contributed by atoms with van der Waals surface area (Å²) in [5.74, 6) is -0.579.